The molecule has 2 aromatic rings. The third kappa shape index (κ3) is 2.77. The Bertz CT molecular complexity index is 513. The molecule has 1 aromatic carbocycles. The molecule has 1 heterocycles. The molecule has 0 bridgehead atoms. The van der Waals surface area contributed by atoms with Gasteiger partial charge in [-0.25, -0.2) is 4.98 Å². The van der Waals surface area contributed by atoms with Crippen LogP contribution in [0.2, 0.25) is 5.02 Å². The predicted octanol–water partition coefficient (Wildman–Crippen LogP) is 3.19. The maximum Gasteiger partial charge on any atom is 0.137 e. The Balaban J connectivity index is 2.29. The minimum absolute atomic E-state index is 0.607. The minimum atomic E-state index is 0.607. The fourth-order valence-electron chi connectivity index (χ4n) is 1.50. The van der Waals surface area contributed by atoms with Crippen LogP contribution in [0.4, 0.5) is 0 Å². The van der Waals surface area contributed by atoms with Gasteiger partial charge >= 0.3 is 0 Å². The Hall–Kier alpha value is -1.10. The molecule has 0 atom stereocenters. The zero-order chi connectivity index (χ0) is 12.3. The van der Waals surface area contributed by atoms with Gasteiger partial charge in [0.05, 0.1) is 12.1 Å². The van der Waals surface area contributed by atoms with Crippen molar-refractivity contribution < 1.29 is 4.74 Å². The Morgan fingerprint density at radius 1 is 1.47 bits per heavy atom. The van der Waals surface area contributed by atoms with E-state index in [-0.39, 0.29) is 0 Å². The van der Waals surface area contributed by atoms with Crippen LogP contribution in [0.3, 0.4) is 0 Å². The van der Waals surface area contributed by atoms with Crippen LogP contribution in [-0.4, -0.2) is 19.1 Å². The van der Waals surface area contributed by atoms with Gasteiger partial charge in [0.15, 0.2) is 0 Å². The van der Waals surface area contributed by atoms with Crippen LogP contribution in [-0.2, 0) is 6.54 Å². The van der Waals surface area contributed by atoms with Crippen molar-refractivity contribution in [3.63, 3.8) is 0 Å². The highest BCUT2D eigenvalue weighted by Gasteiger charge is 2.07. The second kappa shape index (κ2) is 5.49. The Morgan fingerprint density at radius 2 is 2.29 bits per heavy atom. The second-order valence-electron chi connectivity index (χ2n) is 3.51. The lowest BCUT2D eigenvalue weighted by Crippen LogP contribution is -2.02. The zero-order valence-electron chi connectivity index (χ0n) is 9.66. The van der Waals surface area contributed by atoms with Crippen LogP contribution in [0, 0.1) is 0 Å². The number of nitrogens with zero attached hydrogens (tertiary/aromatic N) is 1. The van der Waals surface area contributed by atoms with E-state index < -0.39 is 0 Å². The normalized spacial score (nSPS) is 10.5. The van der Waals surface area contributed by atoms with Crippen LogP contribution in [0.25, 0.3) is 10.6 Å². The molecule has 0 radical (unpaired) electrons. The van der Waals surface area contributed by atoms with Crippen molar-refractivity contribution in [2.45, 2.75) is 6.54 Å². The number of ether oxygens (including phenoxy) is 1. The van der Waals surface area contributed by atoms with Crippen molar-refractivity contribution in [3.8, 4) is 16.3 Å². The van der Waals surface area contributed by atoms with E-state index in [0.29, 0.717) is 10.8 Å². The molecule has 0 fully saturated rings. The van der Waals surface area contributed by atoms with Crippen molar-refractivity contribution >= 4 is 22.9 Å². The van der Waals surface area contributed by atoms with Gasteiger partial charge < -0.3 is 10.1 Å². The number of aromatic nitrogens is 1. The first kappa shape index (κ1) is 12.4. The summed E-state index contributed by atoms with van der Waals surface area (Å²) in [6, 6.07) is 5.70. The number of thiazole rings is 1. The van der Waals surface area contributed by atoms with Gasteiger partial charge in [-0.05, 0) is 25.2 Å². The maximum atomic E-state index is 6.09. The highest BCUT2D eigenvalue weighted by atomic mass is 35.5. The molecule has 5 heteroatoms. The molecule has 90 valence electrons. The average molecular weight is 269 g/mol. The summed E-state index contributed by atoms with van der Waals surface area (Å²) >= 11 is 7.75. The van der Waals surface area contributed by atoms with Crippen molar-refractivity contribution in [2.24, 2.45) is 0 Å². The number of hydrogen-bond donors (Lipinski definition) is 1. The van der Waals surface area contributed by atoms with Gasteiger partial charge in [0, 0.05) is 23.2 Å². The molecule has 1 N–H and O–H groups in total. The standard InChI is InChI=1S/C12H13ClN2OS/c1-14-6-9-7-15-12(17-9)8-3-4-11(16-2)10(13)5-8/h3-5,7,14H,6H2,1-2H3. The van der Waals surface area contributed by atoms with Crippen molar-refractivity contribution in [2.75, 3.05) is 14.2 Å². The van der Waals surface area contributed by atoms with Crippen LogP contribution in [0.5, 0.6) is 5.75 Å². The van der Waals surface area contributed by atoms with E-state index in [9.17, 15) is 0 Å². The van der Waals surface area contributed by atoms with Gasteiger partial charge in [-0.1, -0.05) is 11.6 Å². The number of methoxy groups -OCH3 is 1. The first-order valence-corrected chi connectivity index (χ1v) is 6.37. The Morgan fingerprint density at radius 3 is 2.94 bits per heavy atom. The van der Waals surface area contributed by atoms with Crippen LogP contribution >= 0.6 is 22.9 Å². The van der Waals surface area contributed by atoms with Crippen molar-refractivity contribution in [1.29, 1.82) is 0 Å². The van der Waals surface area contributed by atoms with Crippen molar-refractivity contribution in [1.82, 2.24) is 10.3 Å². The summed E-state index contributed by atoms with van der Waals surface area (Å²) in [4.78, 5) is 5.58. The molecule has 0 aliphatic rings. The molecule has 0 aliphatic carbocycles. The molecule has 0 spiro atoms. The fraction of sp³-hybridized carbons (Fsp3) is 0.250. The van der Waals surface area contributed by atoms with E-state index in [1.807, 2.05) is 31.4 Å². The monoisotopic (exact) mass is 268 g/mol. The van der Waals surface area contributed by atoms with Gasteiger partial charge in [-0.2, -0.15) is 0 Å². The van der Waals surface area contributed by atoms with Crippen molar-refractivity contribution in [3.05, 3.63) is 34.3 Å². The maximum absolute atomic E-state index is 6.09. The SMILES string of the molecule is CNCc1cnc(-c2ccc(OC)c(Cl)c2)s1. The molecular formula is C12H13ClN2OS. The third-order valence-electron chi connectivity index (χ3n) is 2.30. The summed E-state index contributed by atoms with van der Waals surface area (Å²) in [5, 5.41) is 4.68. The predicted molar refractivity (Wildman–Crippen MR) is 71.9 cm³/mol. The third-order valence-corrected chi connectivity index (χ3v) is 3.65. The molecule has 3 nitrogen and oxygen atoms in total. The minimum Gasteiger partial charge on any atom is -0.495 e. The summed E-state index contributed by atoms with van der Waals surface area (Å²) in [6.07, 6.45) is 1.88. The number of nitrogens with one attached hydrogen (secondary N) is 1. The van der Waals surface area contributed by atoms with E-state index in [0.717, 1.165) is 17.1 Å². The van der Waals surface area contributed by atoms with Gasteiger partial charge in [0.25, 0.3) is 0 Å². The van der Waals surface area contributed by atoms with E-state index in [1.165, 1.54) is 4.88 Å². The van der Waals surface area contributed by atoms with E-state index in [2.05, 4.69) is 10.3 Å². The van der Waals surface area contributed by atoms with Gasteiger partial charge in [0.2, 0.25) is 0 Å². The zero-order valence-corrected chi connectivity index (χ0v) is 11.2. The van der Waals surface area contributed by atoms with Crippen LogP contribution in [0.15, 0.2) is 24.4 Å². The van der Waals surface area contributed by atoms with Crippen LogP contribution < -0.4 is 10.1 Å². The summed E-state index contributed by atoms with van der Waals surface area (Å²) in [7, 11) is 3.53. The highest BCUT2D eigenvalue weighted by Crippen LogP contribution is 2.32. The van der Waals surface area contributed by atoms with Gasteiger partial charge in [0.1, 0.15) is 10.8 Å². The summed E-state index contributed by atoms with van der Waals surface area (Å²) in [5.74, 6) is 0.683. The molecule has 0 aliphatic heterocycles. The Kier molecular flexibility index (Phi) is 3.99. The number of hydrogen-bond acceptors (Lipinski definition) is 4. The second-order valence-corrected chi connectivity index (χ2v) is 5.03. The number of benzene rings is 1. The molecular weight excluding hydrogens is 256 g/mol. The number of rotatable bonds is 4. The average Bonchev–Trinajstić information content (AvgIpc) is 2.78. The summed E-state index contributed by atoms with van der Waals surface area (Å²) < 4.78 is 5.12. The lowest BCUT2D eigenvalue weighted by molar-refractivity contribution is 0.415. The molecule has 0 amide bonds. The molecule has 0 unspecified atom stereocenters. The van der Waals surface area contributed by atoms with E-state index in [4.69, 9.17) is 16.3 Å². The van der Waals surface area contributed by atoms with Crippen LogP contribution in [0.1, 0.15) is 4.88 Å². The largest absolute Gasteiger partial charge is 0.495 e. The Labute approximate surface area is 109 Å². The first-order chi connectivity index (χ1) is 8.24. The molecule has 0 saturated carbocycles. The smallest absolute Gasteiger partial charge is 0.137 e. The molecule has 0 saturated heterocycles. The molecule has 1 aromatic heterocycles. The first-order valence-electron chi connectivity index (χ1n) is 5.18. The molecule has 17 heavy (non-hydrogen) atoms. The fourth-order valence-corrected chi connectivity index (χ4v) is 2.67. The summed E-state index contributed by atoms with van der Waals surface area (Å²) in [6.45, 7) is 0.835. The van der Waals surface area contributed by atoms with E-state index >= 15 is 0 Å². The lowest BCUT2D eigenvalue weighted by Gasteiger charge is -2.03. The lowest BCUT2D eigenvalue weighted by atomic mass is 10.2. The number of halogens is 1. The van der Waals surface area contributed by atoms with E-state index in [1.54, 1.807) is 18.4 Å². The van der Waals surface area contributed by atoms with Gasteiger partial charge in [-0.3, -0.25) is 0 Å². The molecule has 2 rings (SSSR count). The van der Waals surface area contributed by atoms with Gasteiger partial charge in [-0.15, -0.1) is 11.3 Å². The highest BCUT2D eigenvalue weighted by molar-refractivity contribution is 7.15. The quantitative estimate of drug-likeness (QED) is 0.925. The summed E-state index contributed by atoms with van der Waals surface area (Å²) in [5.41, 5.74) is 1.02. The topological polar surface area (TPSA) is 34.2 Å².